The van der Waals surface area contributed by atoms with Gasteiger partial charge < -0.3 is 15.5 Å². The monoisotopic (exact) mass is 343 g/mol. The van der Waals surface area contributed by atoms with E-state index in [1.54, 1.807) is 0 Å². The van der Waals surface area contributed by atoms with Gasteiger partial charge in [-0.15, -0.1) is 0 Å². The molecule has 1 aliphatic heterocycles. The third-order valence-corrected chi connectivity index (χ3v) is 5.31. The molecule has 1 heterocycles. The lowest BCUT2D eigenvalue weighted by molar-refractivity contribution is -0.122. The summed E-state index contributed by atoms with van der Waals surface area (Å²) in [6.45, 7) is 2.02. The minimum absolute atomic E-state index is 0.0547. The highest BCUT2D eigenvalue weighted by Gasteiger charge is 2.29. The molecule has 1 aliphatic carbocycles. The van der Waals surface area contributed by atoms with Crippen molar-refractivity contribution in [3.63, 3.8) is 0 Å². The number of amides is 3. The highest BCUT2D eigenvalue weighted by molar-refractivity contribution is 5.77. The number of hydrogen-bond donors (Lipinski definition) is 2. The van der Waals surface area contributed by atoms with Crippen molar-refractivity contribution in [2.45, 2.75) is 57.5 Å². The number of likely N-dealkylation sites (tertiary alicyclic amines) is 1. The van der Waals surface area contributed by atoms with Crippen molar-refractivity contribution in [3.05, 3.63) is 35.9 Å². The largest absolute Gasteiger partial charge is 0.352 e. The Labute approximate surface area is 150 Å². The van der Waals surface area contributed by atoms with Crippen molar-refractivity contribution >= 4 is 11.9 Å². The van der Waals surface area contributed by atoms with E-state index in [9.17, 15) is 9.59 Å². The van der Waals surface area contributed by atoms with Crippen LogP contribution in [-0.4, -0.2) is 36.0 Å². The molecule has 25 heavy (non-hydrogen) atoms. The second-order valence-corrected chi connectivity index (χ2v) is 7.35. The lowest BCUT2D eigenvalue weighted by Gasteiger charge is -2.26. The van der Waals surface area contributed by atoms with Crippen LogP contribution in [0.1, 0.15) is 50.5 Å². The molecule has 0 aromatic heterocycles. The minimum atomic E-state index is 0.0547. The summed E-state index contributed by atoms with van der Waals surface area (Å²) in [6.07, 6.45) is 7.34. The first-order valence-electron chi connectivity index (χ1n) is 9.57. The predicted molar refractivity (Wildman–Crippen MR) is 98.0 cm³/mol. The van der Waals surface area contributed by atoms with Crippen LogP contribution in [0.5, 0.6) is 0 Å². The van der Waals surface area contributed by atoms with Crippen LogP contribution in [0.4, 0.5) is 4.79 Å². The summed E-state index contributed by atoms with van der Waals surface area (Å²) in [5.41, 5.74) is 1.11. The molecule has 1 atom stereocenters. The van der Waals surface area contributed by atoms with E-state index in [4.69, 9.17) is 0 Å². The van der Waals surface area contributed by atoms with Crippen molar-refractivity contribution in [1.82, 2.24) is 15.5 Å². The fraction of sp³-hybridized carbons (Fsp3) is 0.600. The molecule has 0 bridgehead atoms. The van der Waals surface area contributed by atoms with Gasteiger partial charge in [-0.1, -0.05) is 49.6 Å². The first kappa shape index (κ1) is 17.8. The fourth-order valence-electron chi connectivity index (χ4n) is 3.83. The van der Waals surface area contributed by atoms with Gasteiger partial charge in [0.25, 0.3) is 0 Å². The highest BCUT2D eigenvalue weighted by Crippen LogP contribution is 2.21. The maximum absolute atomic E-state index is 12.4. The molecule has 1 aromatic carbocycles. The summed E-state index contributed by atoms with van der Waals surface area (Å²) < 4.78 is 0. The smallest absolute Gasteiger partial charge is 0.317 e. The van der Waals surface area contributed by atoms with E-state index in [1.165, 1.54) is 19.3 Å². The maximum atomic E-state index is 12.4. The summed E-state index contributed by atoms with van der Waals surface area (Å²) >= 11 is 0. The summed E-state index contributed by atoms with van der Waals surface area (Å²) in [7, 11) is 0. The average molecular weight is 343 g/mol. The van der Waals surface area contributed by atoms with E-state index >= 15 is 0 Å². The van der Waals surface area contributed by atoms with Crippen molar-refractivity contribution in [2.75, 3.05) is 13.1 Å². The maximum Gasteiger partial charge on any atom is 0.317 e. The van der Waals surface area contributed by atoms with E-state index in [0.29, 0.717) is 25.6 Å². The molecule has 1 aromatic rings. The second kappa shape index (κ2) is 8.88. The summed E-state index contributed by atoms with van der Waals surface area (Å²) in [6, 6.07) is 10.3. The molecule has 3 rings (SSSR count). The lowest BCUT2D eigenvalue weighted by Crippen LogP contribution is -2.44. The molecule has 1 saturated carbocycles. The van der Waals surface area contributed by atoms with E-state index in [0.717, 1.165) is 31.4 Å². The Balaban J connectivity index is 1.37. The molecule has 5 heteroatoms. The highest BCUT2D eigenvalue weighted by atomic mass is 16.2. The topological polar surface area (TPSA) is 61.4 Å². The van der Waals surface area contributed by atoms with Crippen molar-refractivity contribution in [1.29, 1.82) is 0 Å². The number of urea groups is 1. The van der Waals surface area contributed by atoms with Gasteiger partial charge in [-0.3, -0.25) is 4.79 Å². The van der Waals surface area contributed by atoms with Crippen LogP contribution in [0.25, 0.3) is 0 Å². The number of carbonyl (C=O) groups is 2. The van der Waals surface area contributed by atoms with Crippen LogP contribution in [0.15, 0.2) is 30.3 Å². The minimum Gasteiger partial charge on any atom is -0.352 e. The third kappa shape index (κ3) is 5.48. The van der Waals surface area contributed by atoms with E-state index in [-0.39, 0.29) is 17.9 Å². The molecule has 0 radical (unpaired) electrons. The van der Waals surface area contributed by atoms with Crippen molar-refractivity contribution < 1.29 is 9.59 Å². The van der Waals surface area contributed by atoms with E-state index < -0.39 is 0 Å². The first-order chi connectivity index (χ1) is 12.2. The molecular weight excluding hydrogens is 314 g/mol. The molecule has 1 saturated heterocycles. The SMILES string of the molecule is O=C(CC1CCN(C(=O)NC2CCCCC2)C1)NCc1ccccc1. The first-order valence-corrected chi connectivity index (χ1v) is 9.57. The van der Waals surface area contributed by atoms with Gasteiger partial charge in [-0.25, -0.2) is 4.79 Å². The fourth-order valence-corrected chi connectivity index (χ4v) is 3.83. The summed E-state index contributed by atoms with van der Waals surface area (Å²) in [5, 5.41) is 6.15. The normalized spacial score (nSPS) is 21.1. The summed E-state index contributed by atoms with van der Waals surface area (Å²) in [4.78, 5) is 26.4. The molecule has 5 nitrogen and oxygen atoms in total. The number of nitrogens with zero attached hydrogens (tertiary/aromatic N) is 1. The second-order valence-electron chi connectivity index (χ2n) is 7.35. The zero-order valence-corrected chi connectivity index (χ0v) is 14.9. The zero-order valence-electron chi connectivity index (χ0n) is 14.9. The van der Waals surface area contributed by atoms with Gasteiger partial charge in [0.05, 0.1) is 0 Å². The number of rotatable bonds is 5. The molecular formula is C20H29N3O2. The number of benzene rings is 1. The quantitative estimate of drug-likeness (QED) is 0.863. The Morgan fingerprint density at radius 3 is 2.56 bits per heavy atom. The van der Waals surface area contributed by atoms with Gasteiger partial charge >= 0.3 is 6.03 Å². The molecule has 1 unspecified atom stereocenters. The van der Waals surface area contributed by atoms with Crippen LogP contribution in [0.2, 0.25) is 0 Å². The Morgan fingerprint density at radius 1 is 1.04 bits per heavy atom. The molecule has 3 amide bonds. The van der Waals surface area contributed by atoms with Gasteiger partial charge in [-0.2, -0.15) is 0 Å². The van der Waals surface area contributed by atoms with Crippen LogP contribution >= 0.6 is 0 Å². The van der Waals surface area contributed by atoms with Crippen LogP contribution < -0.4 is 10.6 Å². The van der Waals surface area contributed by atoms with Crippen LogP contribution in [0.3, 0.4) is 0 Å². The lowest BCUT2D eigenvalue weighted by atomic mass is 9.96. The standard InChI is InChI=1S/C20H29N3O2/c24-19(21-14-16-7-3-1-4-8-16)13-17-11-12-23(15-17)20(25)22-18-9-5-2-6-10-18/h1,3-4,7-8,17-18H,2,5-6,9-15H2,(H,21,24)(H,22,25). The number of nitrogens with one attached hydrogen (secondary N) is 2. The molecule has 2 N–H and O–H groups in total. The Hall–Kier alpha value is -2.04. The number of carbonyl (C=O) groups excluding carboxylic acids is 2. The van der Waals surface area contributed by atoms with Gasteiger partial charge in [0, 0.05) is 32.1 Å². The number of hydrogen-bond acceptors (Lipinski definition) is 2. The molecule has 2 fully saturated rings. The van der Waals surface area contributed by atoms with Gasteiger partial charge in [0.1, 0.15) is 0 Å². The van der Waals surface area contributed by atoms with E-state index in [1.807, 2.05) is 35.2 Å². The predicted octanol–water partition coefficient (Wildman–Crippen LogP) is 3.06. The van der Waals surface area contributed by atoms with E-state index in [2.05, 4.69) is 10.6 Å². The molecule has 136 valence electrons. The van der Waals surface area contributed by atoms with Crippen LogP contribution in [0, 0.1) is 5.92 Å². The van der Waals surface area contributed by atoms with Crippen molar-refractivity contribution in [2.24, 2.45) is 5.92 Å². The average Bonchev–Trinajstić information content (AvgIpc) is 3.10. The molecule has 0 spiro atoms. The van der Waals surface area contributed by atoms with Crippen molar-refractivity contribution in [3.8, 4) is 0 Å². The Morgan fingerprint density at radius 2 is 1.80 bits per heavy atom. The zero-order chi connectivity index (χ0) is 17.5. The molecule has 2 aliphatic rings. The van der Waals surface area contributed by atoms with Gasteiger partial charge in [-0.05, 0) is 30.7 Å². The van der Waals surface area contributed by atoms with Gasteiger partial charge in [0.2, 0.25) is 5.91 Å². The Kier molecular flexibility index (Phi) is 6.31. The van der Waals surface area contributed by atoms with Gasteiger partial charge in [0.15, 0.2) is 0 Å². The third-order valence-electron chi connectivity index (χ3n) is 5.31. The van der Waals surface area contributed by atoms with Crippen LogP contribution in [-0.2, 0) is 11.3 Å². The Bertz CT molecular complexity index is 570. The summed E-state index contributed by atoms with van der Waals surface area (Å²) in [5.74, 6) is 0.344.